The summed E-state index contributed by atoms with van der Waals surface area (Å²) in [5, 5.41) is 3.23. The second-order valence-corrected chi connectivity index (χ2v) is 5.97. The van der Waals surface area contributed by atoms with Gasteiger partial charge in [0.15, 0.2) is 0 Å². The van der Waals surface area contributed by atoms with E-state index in [0.29, 0.717) is 6.04 Å². The molecule has 1 aromatic carbocycles. The number of nitrogens with one attached hydrogen (secondary N) is 1. The first kappa shape index (κ1) is 16.5. The van der Waals surface area contributed by atoms with Crippen LogP contribution in [0, 0.1) is 0 Å². The summed E-state index contributed by atoms with van der Waals surface area (Å²) >= 11 is 1.94. The molecule has 0 amide bonds. The fraction of sp³-hybridized carbons (Fsp3) is 0.625. The summed E-state index contributed by atoms with van der Waals surface area (Å²) in [5.41, 5.74) is 2.95. The van der Waals surface area contributed by atoms with Gasteiger partial charge in [0.05, 0.1) is 0 Å². The first-order chi connectivity index (χ1) is 9.22. The molecular weight excluding hydrogens is 252 g/mol. The fourth-order valence-corrected chi connectivity index (χ4v) is 3.24. The van der Waals surface area contributed by atoms with Gasteiger partial charge in [0.25, 0.3) is 0 Å². The molecule has 1 atom stereocenters. The third-order valence-electron chi connectivity index (χ3n) is 3.64. The number of nitrogens with zero attached hydrogens (tertiary/aromatic N) is 1. The Morgan fingerprint density at radius 3 is 2.53 bits per heavy atom. The number of likely N-dealkylation sites (N-methyl/N-ethyl adjacent to an activating group) is 1. The Morgan fingerprint density at radius 2 is 1.95 bits per heavy atom. The van der Waals surface area contributed by atoms with Crippen molar-refractivity contribution in [2.24, 2.45) is 0 Å². The van der Waals surface area contributed by atoms with Crippen molar-refractivity contribution < 1.29 is 0 Å². The summed E-state index contributed by atoms with van der Waals surface area (Å²) in [4.78, 5) is 2.49. The van der Waals surface area contributed by atoms with Gasteiger partial charge in [-0.1, -0.05) is 31.2 Å². The van der Waals surface area contributed by atoms with E-state index in [9.17, 15) is 0 Å². The SMILES string of the molecule is CCC(CSC)N(C)Cc1ccccc1CCNC. The Hall–Kier alpha value is -0.510. The van der Waals surface area contributed by atoms with Crippen LogP contribution in [0.1, 0.15) is 24.5 Å². The maximum atomic E-state index is 3.23. The van der Waals surface area contributed by atoms with Gasteiger partial charge in [-0.05, 0) is 50.9 Å². The standard InChI is InChI=1S/C16H28N2S/c1-5-16(13-19-4)18(3)12-15-9-7-6-8-14(15)10-11-17-2/h6-9,16-17H,5,10-13H2,1-4H3. The molecule has 0 aromatic heterocycles. The number of benzene rings is 1. The molecule has 0 bridgehead atoms. The van der Waals surface area contributed by atoms with Gasteiger partial charge >= 0.3 is 0 Å². The molecule has 0 heterocycles. The zero-order valence-electron chi connectivity index (χ0n) is 12.8. The summed E-state index contributed by atoms with van der Waals surface area (Å²) in [6.45, 7) is 4.38. The molecule has 0 aliphatic heterocycles. The lowest BCUT2D eigenvalue weighted by Gasteiger charge is -2.27. The highest BCUT2D eigenvalue weighted by Gasteiger charge is 2.13. The Balaban J connectivity index is 2.69. The molecule has 1 N–H and O–H groups in total. The predicted octanol–water partition coefficient (Wildman–Crippen LogP) is 3.02. The summed E-state index contributed by atoms with van der Waals surface area (Å²) in [7, 11) is 4.26. The van der Waals surface area contributed by atoms with Crippen molar-refractivity contribution in [1.29, 1.82) is 0 Å². The zero-order valence-corrected chi connectivity index (χ0v) is 13.6. The molecule has 108 valence electrons. The highest BCUT2D eigenvalue weighted by Crippen LogP contribution is 2.16. The van der Waals surface area contributed by atoms with Gasteiger partial charge in [0, 0.05) is 18.3 Å². The molecule has 0 radical (unpaired) electrons. The van der Waals surface area contributed by atoms with Gasteiger partial charge in [-0.2, -0.15) is 11.8 Å². The highest BCUT2D eigenvalue weighted by atomic mass is 32.2. The molecule has 0 saturated carbocycles. The Morgan fingerprint density at radius 1 is 1.26 bits per heavy atom. The number of hydrogen-bond donors (Lipinski definition) is 1. The van der Waals surface area contributed by atoms with Crippen molar-refractivity contribution in [3.05, 3.63) is 35.4 Å². The predicted molar refractivity (Wildman–Crippen MR) is 88.0 cm³/mol. The molecule has 1 rings (SSSR count). The third kappa shape index (κ3) is 5.55. The monoisotopic (exact) mass is 280 g/mol. The lowest BCUT2D eigenvalue weighted by molar-refractivity contribution is 0.247. The maximum Gasteiger partial charge on any atom is 0.0236 e. The first-order valence-corrected chi connectivity index (χ1v) is 8.52. The largest absolute Gasteiger partial charge is 0.319 e. The summed E-state index contributed by atoms with van der Waals surface area (Å²) in [6, 6.07) is 9.51. The topological polar surface area (TPSA) is 15.3 Å². The van der Waals surface area contributed by atoms with E-state index in [1.54, 1.807) is 0 Å². The van der Waals surface area contributed by atoms with Crippen molar-refractivity contribution in [2.45, 2.75) is 32.4 Å². The minimum Gasteiger partial charge on any atom is -0.319 e. The van der Waals surface area contributed by atoms with Crippen LogP contribution in [0.4, 0.5) is 0 Å². The van der Waals surface area contributed by atoms with E-state index < -0.39 is 0 Å². The van der Waals surface area contributed by atoms with Gasteiger partial charge < -0.3 is 5.32 Å². The molecule has 0 spiro atoms. The minimum absolute atomic E-state index is 0.673. The second kappa shape index (κ2) is 9.40. The van der Waals surface area contributed by atoms with Crippen LogP contribution in [-0.2, 0) is 13.0 Å². The highest BCUT2D eigenvalue weighted by molar-refractivity contribution is 7.98. The molecule has 0 aliphatic carbocycles. The van der Waals surface area contributed by atoms with Gasteiger partial charge in [0.1, 0.15) is 0 Å². The van der Waals surface area contributed by atoms with E-state index in [-0.39, 0.29) is 0 Å². The normalized spacial score (nSPS) is 12.9. The van der Waals surface area contributed by atoms with Gasteiger partial charge in [-0.25, -0.2) is 0 Å². The van der Waals surface area contributed by atoms with Crippen molar-refractivity contribution >= 4 is 11.8 Å². The van der Waals surface area contributed by atoms with Crippen molar-refractivity contribution in [1.82, 2.24) is 10.2 Å². The van der Waals surface area contributed by atoms with Crippen molar-refractivity contribution in [3.8, 4) is 0 Å². The van der Waals surface area contributed by atoms with Crippen LogP contribution in [0.5, 0.6) is 0 Å². The molecule has 1 unspecified atom stereocenters. The van der Waals surface area contributed by atoms with Crippen LogP contribution in [0.15, 0.2) is 24.3 Å². The molecule has 2 nitrogen and oxygen atoms in total. The Bertz CT molecular complexity index is 354. The lowest BCUT2D eigenvalue weighted by atomic mass is 10.0. The molecule has 1 aromatic rings. The van der Waals surface area contributed by atoms with Crippen molar-refractivity contribution in [2.75, 3.05) is 32.6 Å². The second-order valence-electron chi connectivity index (χ2n) is 5.05. The van der Waals surface area contributed by atoms with Crippen LogP contribution in [0.3, 0.4) is 0 Å². The first-order valence-electron chi connectivity index (χ1n) is 7.13. The van der Waals surface area contributed by atoms with Crippen LogP contribution in [0.25, 0.3) is 0 Å². The van der Waals surface area contributed by atoms with Crippen LogP contribution in [0.2, 0.25) is 0 Å². The van der Waals surface area contributed by atoms with Crippen molar-refractivity contribution in [3.63, 3.8) is 0 Å². The summed E-state index contributed by atoms with van der Waals surface area (Å²) in [6.07, 6.45) is 4.52. The molecule has 0 saturated heterocycles. The molecule has 0 aliphatic rings. The quantitative estimate of drug-likeness (QED) is 0.748. The average Bonchev–Trinajstić information content (AvgIpc) is 2.43. The maximum absolute atomic E-state index is 3.23. The summed E-state index contributed by atoms with van der Waals surface area (Å²) < 4.78 is 0. The van der Waals surface area contributed by atoms with E-state index in [2.05, 4.69) is 54.7 Å². The Kier molecular flexibility index (Phi) is 8.19. The van der Waals surface area contributed by atoms with Gasteiger partial charge in [-0.3, -0.25) is 4.90 Å². The molecule has 3 heteroatoms. The van der Waals surface area contributed by atoms with E-state index in [4.69, 9.17) is 0 Å². The van der Waals surface area contributed by atoms with Crippen LogP contribution >= 0.6 is 11.8 Å². The van der Waals surface area contributed by atoms with Gasteiger partial charge in [0.2, 0.25) is 0 Å². The number of rotatable bonds is 9. The molecular formula is C16H28N2S. The number of hydrogen-bond acceptors (Lipinski definition) is 3. The fourth-order valence-electron chi connectivity index (χ4n) is 2.36. The Labute approximate surface area is 123 Å². The molecule has 19 heavy (non-hydrogen) atoms. The smallest absolute Gasteiger partial charge is 0.0236 e. The van der Waals surface area contributed by atoms with E-state index >= 15 is 0 Å². The zero-order chi connectivity index (χ0) is 14.1. The average molecular weight is 280 g/mol. The van der Waals surface area contributed by atoms with E-state index in [0.717, 1.165) is 19.5 Å². The third-order valence-corrected chi connectivity index (χ3v) is 4.35. The van der Waals surface area contributed by atoms with Crippen LogP contribution < -0.4 is 5.32 Å². The minimum atomic E-state index is 0.673. The van der Waals surface area contributed by atoms with Crippen LogP contribution in [-0.4, -0.2) is 43.6 Å². The van der Waals surface area contributed by atoms with Gasteiger partial charge in [-0.15, -0.1) is 0 Å². The summed E-state index contributed by atoms with van der Waals surface area (Å²) in [5.74, 6) is 1.21. The lowest BCUT2D eigenvalue weighted by Crippen LogP contribution is -2.33. The van der Waals surface area contributed by atoms with E-state index in [1.807, 2.05) is 18.8 Å². The number of thioether (sulfide) groups is 1. The van der Waals surface area contributed by atoms with E-state index in [1.165, 1.54) is 23.3 Å². The molecule has 0 fully saturated rings.